The first kappa shape index (κ1) is 10.8. The summed E-state index contributed by atoms with van der Waals surface area (Å²) in [4.78, 5) is 0. The van der Waals surface area contributed by atoms with E-state index < -0.39 is 11.6 Å². The Labute approximate surface area is 93.5 Å². The van der Waals surface area contributed by atoms with Crippen LogP contribution in [0.25, 0.3) is 11.1 Å². The molecule has 0 radical (unpaired) electrons. The average Bonchev–Trinajstić information content (AvgIpc) is 2.33. The first-order valence-electron chi connectivity index (χ1n) is 5.25. The standard InChI is InChI=1S/C14H12F2/c1-2-10-4-3-5-11(8-10)12-6-7-13(15)14(16)9-12/h3-9H,2H2,1H3. The van der Waals surface area contributed by atoms with Crippen LogP contribution in [0.1, 0.15) is 12.5 Å². The Balaban J connectivity index is 2.46. The highest BCUT2D eigenvalue weighted by molar-refractivity contribution is 5.64. The highest BCUT2D eigenvalue weighted by Gasteiger charge is 2.04. The summed E-state index contributed by atoms with van der Waals surface area (Å²) in [5.74, 6) is -1.62. The van der Waals surface area contributed by atoms with Gasteiger partial charge in [-0.1, -0.05) is 37.3 Å². The minimum Gasteiger partial charge on any atom is -0.204 e. The molecular weight excluding hydrogens is 206 g/mol. The topological polar surface area (TPSA) is 0 Å². The quantitative estimate of drug-likeness (QED) is 0.708. The van der Waals surface area contributed by atoms with E-state index in [1.165, 1.54) is 11.6 Å². The van der Waals surface area contributed by atoms with Crippen molar-refractivity contribution in [1.29, 1.82) is 0 Å². The second kappa shape index (κ2) is 4.44. The second-order valence-corrected chi connectivity index (χ2v) is 3.68. The van der Waals surface area contributed by atoms with Gasteiger partial charge in [-0.15, -0.1) is 0 Å². The first-order valence-corrected chi connectivity index (χ1v) is 5.25. The lowest BCUT2D eigenvalue weighted by atomic mass is 10.0. The number of rotatable bonds is 2. The Hall–Kier alpha value is -1.70. The molecule has 82 valence electrons. The molecule has 0 N–H and O–H groups in total. The predicted octanol–water partition coefficient (Wildman–Crippen LogP) is 4.19. The lowest BCUT2D eigenvalue weighted by Crippen LogP contribution is -1.86. The van der Waals surface area contributed by atoms with Crippen LogP contribution in [-0.4, -0.2) is 0 Å². The van der Waals surface area contributed by atoms with Gasteiger partial charge in [-0.25, -0.2) is 8.78 Å². The number of aryl methyl sites for hydroxylation is 1. The molecule has 0 aliphatic heterocycles. The van der Waals surface area contributed by atoms with Gasteiger partial charge in [0.25, 0.3) is 0 Å². The second-order valence-electron chi connectivity index (χ2n) is 3.68. The molecule has 0 saturated carbocycles. The van der Waals surface area contributed by atoms with Crippen molar-refractivity contribution in [3.63, 3.8) is 0 Å². The zero-order chi connectivity index (χ0) is 11.5. The smallest absolute Gasteiger partial charge is 0.159 e. The molecule has 0 saturated heterocycles. The monoisotopic (exact) mass is 218 g/mol. The molecule has 2 aromatic carbocycles. The largest absolute Gasteiger partial charge is 0.204 e. The summed E-state index contributed by atoms with van der Waals surface area (Å²) in [6.07, 6.45) is 0.928. The highest BCUT2D eigenvalue weighted by atomic mass is 19.2. The van der Waals surface area contributed by atoms with Gasteiger partial charge in [0.1, 0.15) is 0 Å². The molecule has 2 heteroatoms. The molecule has 2 rings (SSSR count). The van der Waals surface area contributed by atoms with E-state index in [0.717, 1.165) is 18.1 Å². The molecule has 0 heterocycles. The zero-order valence-corrected chi connectivity index (χ0v) is 9.00. The van der Waals surface area contributed by atoms with Crippen molar-refractivity contribution in [2.24, 2.45) is 0 Å². The van der Waals surface area contributed by atoms with Crippen LogP contribution >= 0.6 is 0 Å². The fraction of sp³-hybridized carbons (Fsp3) is 0.143. The van der Waals surface area contributed by atoms with Gasteiger partial charge >= 0.3 is 0 Å². The van der Waals surface area contributed by atoms with E-state index in [2.05, 4.69) is 6.92 Å². The first-order chi connectivity index (χ1) is 7.70. The van der Waals surface area contributed by atoms with Gasteiger partial charge in [-0.3, -0.25) is 0 Å². The molecule has 0 fully saturated rings. The van der Waals surface area contributed by atoms with E-state index in [0.29, 0.717) is 5.56 Å². The Morgan fingerprint density at radius 2 is 1.62 bits per heavy atom. The molecule has 0 atom stereocenters. The van der Waals surface area contributed by atoms with Gasteiger partial charge in [0.15, 0.2) is 11.6 Å². The van der Waals surface area contributed by atoms with Crippen molar-refractivity contribution in [3.8, 4) is 11.1 Å². The maximum atomic E-state index is 13.1. The van der Waals surface area contributed by atoms with E-state index in [9.17, 15) is 8.78 Å². The van der Waals surface area contributed by atoms with Gasteiger partial charge in [-0.05, 0) is 35.2 Å². The Bertz CT molecular complexity index is 504. The Morgan fingerprint density at radius 3 is 2.31 bits per heavy atom. The maximum Gasteiger partial charge on any atom is 0.159 e. The molecular formula is C14H12F2. The van der Waals surface area contributed by atoms with Gasteiger partial charge in [0.05, 0.1) is 0 Å². The minimum atomic E-state index is -0.810. The molecule has 0 aliphatic rings. The third-order valence-electron chi connectivity index (χ3n) is 2.59. The van der Waals surface area contributed by atoms with Crippen LogP contribution in [0.15, 0.2) is 42.5 Å². The average molecular weight is 218 g/mol. The van der Waals surface area contributed by atoms with Crippen LogP contribution in [0.4, 0.5) is 8.78 Å². The van der Waals surface area contributed by atoms with Gasteiger partial charge in [0, 0.05) is 0 Å². The lowest BCUT2D eigenvalue weighted by molar-refractivity contribution is 0.509. The Kier molecular flexibility index (Phi) is 3.00. The molecule has 0 aromatic heterocycles. The summed E-state index contributed by atoms with van der Waals surface area (Å²) < 4.78 is 25.9. The van der Waals surface area contributed by atoms with E-state index in [1.807, 2.05) is 24.3 Å². The van der Waals surface area contributed by atoms with Crippen LogP contribution in [0.5, 0.6) is 0 Å². The van der Waals surface area contributed by atoms with Crippen LogP contribution in [0.2, 0.25) is 0 Å². The van der Waals surface area contributed by atoms with E-state index in [-0.39, 0.29) is 0 Å². The number of hydrogen-bond acceptors (Lipinski definition) is 0. The maximum absolute atomic E-state index is 13.1. The highest BCUT2D eigenvalue weighted by Crippen LogP contribution is 2.22. The minimum absolute atomic E-state index is 0.703. The summed E-state index contributed by atoms with van der Waals surface area (Å²) in [6.45, 7) is 2.06. The summed E-state index contributed by atoms with van der Waals surface area (Å²) >= 11 is 0. The molecule has 0 spiro atoms. The number of hydrogen-bond donors (Lipinski definition) is 0. The van der Waals surface area contributed by atoms with Crippen molar-refractivity contribution in [2.75, 3.05) is 0 Å². The van der Waals surface area contributed by atoms with Crippen molar-refractivity contribution in [3.05, 3.63) is 59.7 Å². The van der Waals surface area contributed by atoms with E-state index in [4.69, 9.17) is 0 Å². The van der Waals surface area contributed by atoms with Crippen LogP contribution in [-0.2, 0) is 6.42 Å². The van der Waals surface area contributed by atoms with E-state index in [1.54, 1.807) is 6.07 Å². The Morgan fingerprint density at radius 1 is 0.875 bits per heavy atom. The molecule has 0 amide bonds. The normalized spacial score (nSPS) is 10.4. The van der Waals surface area contributed by atoms with Gasteiger partial charge in [0.2, 0.25) is 0 Å². The molecule has 0 bridgehead atoms. The fourth-order valence-electron chi connectivity index (χ4n) is 1.65. The number of benzene rings is 2. The van der Waals surface area contributed by atoms with Crippen LogP contribution in [0, 0.1) is 11.6 Å². The molecule has 0 aliphatic carbocycles. The van der Waals surface area contributed by atoms with Crippen molar-refractivity contribution >= 4 is 0 Å². The number of halogens is 2. The van der Waals surface area contributed by atoms with Gasteiger partial charge < -0.3 is 0 Å². The molecule has 2 aromatic rings. The SMILES string of the molecule is CCc1cccc(-c2ccc(F)c(F)c2)c1. The van der Waals surface area contributed by atoms with Crippen LogP contribution in [0.3, 0.4) is 0 Å². The molecule has 0 unspecified atom stereocenters. The lowest BCUT2D eigenvalue weighted by Gasteiger charge is -2.04. The van der Waals surface area contributed by atoms with Gasteiger partial charge in [-0.2, -0.15) is 0 Å². The predicted molar refractivity (Wildman–Crippen MR) is 61.2 cm³/mol. The summed E-state index contributed by atoms with van der Waals surface area (Å²) in [5.41, 5.74) is 2.80. The van der Waals surface area contributed by atoms with Crippen LogP contribution < -0.4 is 0 Å². The third-order valence-corrected chi connectivity index (χ3v) is 2.59. The third kappa shape index (κ3) is 2.11. The fourth-order valence-corrected chi connectivity index (χ4v) is 1.65. The summed E-state index contributed by atoms with van der Waals surface area (Å²) in [7, 11) is 0. The molecule has 16 heavy (non-hydrogen) atoms. The summed E-state index contributed by atoms with van der Waals surface area (Å²) in [6, 6.07) is 11.8. The van der Waals surface area contributed by atoms with Crippen molar-refractivity contribution in [1.82, 2.24) is 0 Å². The van der Waals surface area contributed by atoms with Crippen molar-refractivity contribution in [2.45, 2.75) is 13.3 Å². The molecule has 0 nitrogen and oxygen atoms in total. The summed E-state index contributed by atoms with van der Waals surface area (Å²) in [5, 5.41) is 0. The van der Waals surface area contributed by atoms with E-state index >= 15 is 0 Å². The zero-order valence-electron chi connectivity index (χ0n) is 9.00. The van der Waals surface area contributed by atoms with Crippen molar-refractivity contribution < 1.29 is 8.78 Å².